The van der Waals surface area contributed by atoms with Gasteiger partial charge in [-0.3, -0.25) is 4.79 Å². The number of hydrogen-bond acceptors (Lipinski definition) is 6. The Labute approximate surface area is 173 Å². The number of nitrogens with zero attached hydrogens (tertiary/aromatic N) is 1. The first-order valence-corrected chi connectivity index (χ1v) is 9.85. The van der Waals surface area contributed by atoms with Gasteiger partial charge in [0.1, 0.15) is 11.2 Å². The third kappa shape index (κ3) is 5.09. The number of rotatable bonds is 2. The SMILES string of the molecule is Cc1cc(=O)oc2cc(OC(=O)C3CCN(C(=O)OC(C)(C)C)CC3)c(Cl)cc12. The number of aryl methyl sites for hydroxylation is 1. The number of halogens is 1. The van der Waals surface area contributed by atoms with Gasteiger partial charge in [0.15, 0.2) is 5.75 Å². The fourth-order valence-electron chi connectivity index (χ4n) is 3.21. The molecule has 2 heterocycles. The number of carbonyl (C=O) groups excluding carboxylic acids is 2. The lowest BCUT2D eigenvalue weighted by Crippen LogP contribution is -2.43. The summed E-state index contributed by atoms with van der Waals surface area (Å²) in [4.78, 5) is 37.9. The zero-order valence-corrected chi connectivity index (χ0v) is 17.7. The van der Waals surface area contributed by atoms with Crippen LogP contribution in [0.4, 0.5) is 4.79 Å². The topological polar surface area (TPSA) is 86.0 Å². The maximum absolute atomic E-state index is 12.6. The van der Waals surface area contributed by atoms with E-state index in [9.17, 15) is 14.4 Å². The molecule has 7 nitrogen and oxygen atoms in total. The minimum atomic E-state index is -0.562. The van der Waals surface area contributed by atoms with E-state index in [-0.39, 0.29) is 22.8 Å². The molecule has 0 bridgehead atoms. The highest BCUT2D eigenvalue weighted by molar-refractivity contribution is 6.33. The van der Waals surface area contributed by atoms with Crippen LogP contribution in [0.15, 0.2) is 27.4 Å². The number of likely N-dealkylation sites (tertiary alicyclic amines) is 1. The van der Waals surface area contributed by atoms with Gasteiger partial charge in [0.25, 0.3) is 0 Å². The zero-order chi connectivity index (χ0) is 21.3. The van der Waals surface area contributed by atoms with Crippen LogP contribution >= 0.6 is 11.6 Å². The monoisotopic (exact) mass is 421 g/mol. The molecule has 8 heteroatoms. The average Bonchev–Trinajstić information content (AvgIpc) is 2.61. The Balaban J connectivity index is 1.66. The fourth-order valence-corrected chi connectivity index (χ4v) is 3.42. The molecule has 0 spiro atoms. The van der Waals surface area contributed by atoms with Crippen LogP contribution < -0.4 is 10.4 Å². The van der Waals surface area contributed by atoms with Crippen molar-refractivity contribution < 1.29 is 23.5 Å². The molecule has 29 heavy (non-hydrogen) atoms. The van der Waals surface area contributed by atoms with Crippen molar-refractivity contribution >= 4 is 34.6 Å². The van der Waals surface area contributed by atoms with Crippen LogP contribution in [-0.4, -0.2) is 35.7 Å². The quantitative estimate of drug-likeness (QED) is 0.408. The van der Waals surface area contributed by atoms with Crippen LogP contribution in [-0.2, 0) is 9.53 Å². The van der Waals surface area contributed by atoms with Gasteiger partial charge in [-0.05, 0) is 52.2 Å². The molecule has 1 amide bonds. The second-order valence-electron chi connectivity index (χ2n) is 8.19. The number of piperidine rings is 1. The first-order chi connectivity index (χ1) is 13.5. The van der Waals surface area contributed by atoms with Gasteiger partial charge in [0.05, 0.1) is 10.9 Å². The molecular formula is C21H24ClNO6. The minimum absolute atomic E-state index is 0.146. The maximum Gasteiger partial charge on any atom is 0.410 e. The number of esters is 1. The number of fused-ring (bicyclic) bond motifs is 1. The predicted octanol–water partition coefficient (Wildman–Crippen LogP) is 4.31. The lowest BCUT2D eigenvalue weighted by Gasteiger charge is -2.32. The molecule has 1 aliphatic rings. The molecule has 1 saturated heterocycles. The standard InChI is InChI=1S/C21H24ClNO6/c1-12-9-18(24)27-16-11-17(15(22)10-14(12)16)28-19(25)13-5-7-23(8-6-13)20(26)29-21(2,3)4/h9-11,13H,5-8H2,1-4H3. The summed E-state index contributed by atoms with van der Waals surface area (Å²) in [5.41, 5.74) is -0.0100. The second kappa shape index (κ2) is 8.06. The van der Waals surface area contributed by atoms with Gasteiger partial charge in [0.2, 0.25) is 0 Å². The molecule has 1 fully saturated rings. The molecule has 1 aromatic carbocycles. The van der Waals surface area contributed by atoms with E-state index in [1.54, 1.807) is 17.9 Å². The van der Waals surface area contributed by atoms with Crippen molar-refractivity contribution in [2.24, 2.45) is 5.92 Å². The molecule has 0 aliphatic carbocycles. The molecule has 0 atom stereocenters. The molecule has 1 aliphatic heterocycles. The highest BCUT2D eigenvalue weighted by Crippen LogP contribution is 2.32. The van der Waals surface area contributed by atoms with Crippen molar-refractivity contribution in [3.8, 4) is 5.75 Å². The van der Waals surface area contributed by atoms with E-state index in [1.165, 1.54) is 12.1 Å². The minimum Gasteiger partial charge on any atom is -0.444 e. The third-order valence-corrected chi connectivity index (χ3v) is 4.99. The summed E-state index contributed by atoms with van der Waals surface area (Å²) in [7, 11) is 0. The molecule has 3 rings (SSSR count). The van der Waals surface area contributed by atoms with Gasteiger partial charge >= 0.3 is 17.7 Å². The van der Waals surface area contributed by atoms with E-state index in [4.69, 9.17) is 25.5 Å². The molecule has 0 unspecified atom stereocenters. The lowest BCUT2D eigenvalue weighted by molar-refractivity contribution is -0.140. The smallest absolute Gasteiger partial charge is 0.410 e. The number of benzene rings is 1. The first-order valence-electron chi connectivity index (χ1n) is 9.47. The molecule has 0 N–H and O–H groups in total. The van der Waals surface area contributed by atoms with Crippen molar-refractivity contribution in [1.29, 1.82) is 0 Å². The van der Waals surface area contributed by atoms with E-state index in [0.717, 1.165) is 5.56 Å². The van der Waals surface area contributed by atoms with E-state index in [1.807, 2.05) is 20.8 Å². The van der Waals surface area contributed by atoms with Gasteiger partial charge in [0, 0.05) is 30.6 Å². The molecule has 0 radical (unpaired) electrons. The Morgan fingerprint density at radius 2 is 1.83 bits per heavy atom. The predicted molar refractivity (Wildman–Crippen MR) is 108 cm³/mol. The van der Waals surface area contributed by atoms with Crippen LogP contribution in [0, 0.1) is 12.8 Å². The Bertz CT molecular complexity index is 999. The fraction of sp³-hybridized carbons (Fsp3) is 0.476. The van der Waals surface area contributed by atoms with E-state index in [0.29, 0.717) is 36.9 Å². The summed E-state index contributed by atoms with van der Waals surface area (Å²) < 4.78 is 16.0. The van der Waals surface area contributed by atoms with Crippen LogP contribution in [0.3, 0.4) is 0 Å². The largest absolute Gasteiger partial charge is 0.444 e. The highest BCUT2D eigenvalue weighted by atomic mass is 35.5. The number of hydrogen-bond donors (Lipinski definition) is 0. The van der Waals surface area contributed by atoms with Gasteiger partial charge in [-0.15, -0.1) is 0 Å². The Kier molecular flexibility index (Phi) is 5.89. The maximum atomic E-state index is 12.6. The van der Waals surface area contributed by atoms with Crippen LogP contribution in [0.1, 0.15) is 39.2 Å². The average molecular weight is 422 g/mol. The number of ether oxygens (including phenoxy) is 2. The molecule has 2 aromatic rings. The van der Waals surface area contributed by atoms with Gasteiger partial charge in [-0.25, -0.2) is 9.59 Å². The molecule has 0 saturated carbocycles. The van der Waals surface area contributed by atoms with Crippen molar-refractivity contribution in [2.45, 2.75) is 46.1 Å². The zero-order valence-electron chi connectivity index (χ0n) is 16.9. The Hall–Kier alpha value is -2.54. The van der Waals surface area contributed by atoms with Crippen molar-refractivity contribution in [1.82, 2.24) is 4.90 Å². The summed E-state index contributed by atoms with van der Waals surface area (Å²) in [6, 6.07) is 4.45. The van der Waals surface area contributed by atoms with Crippen molar-refractivity contribution in [3.05, 3.63) is 39.2 Å². The van der Waals surface area contributed by atoms with Gasteiger partial charge in [-0.2, -0.15) is 0 Å². The summed E-state index contributed by atoms with van der Waals surface area (Å²) in [6.07, 6.45) is 0.557. The normalized spacial score (nSPS) is 15.4. The number of amides is 1. The van der Waals surface area contributed by atoms with Crippen LogP contribution in [0.5, 0.6) is 5.75 Å². The molecule has 156 valence electrons. The van der Waals surface area contributed by atoms with E-state index in [2.05, 4.69) is 0 Å². The van der Waals surface area contributed by atoms with E-state index < -0.39 is 17.2 Å². The lowest BCUT2D eigenvalue weighted by atomic mass is 9.97. The summed E-state index contributed by atoms with van der Waals surface area (Å²) in [6.45, 7) is 8.03. The third-order valence-electron chi connectivity index (χ3n) is 4.69. The van der Waals surface area contributed by atoms with Gasteiger partial charge in [-0.1, -0.05) is 11.6 Å². The van der Waals surface area contributed by atoms with Gasteiger partial charge < -0.3 is 18.8 Å². The molecular weight excluding hydrogens is 398 g/mol. The summed E-state index contributed by atoms with van der Waals surface area (Å²) in [5, 5.41) is 0.939. The summed E-state index contributed by atoms with van der Waals surface area (Å²) >= 11 is 6.26. The van der Waals surface area contributed by atoms with E-state index >= 15 is 0 Å². The van der Waals surface area contributed by atoms with Crippen molar-refractivity contribution in [3.63, 3.8) is 0 Å². The summed E-state index contributed by atoms with van der Waals surface area (Å²) in [5.74, 6) is -0.637. The van der Waals surface area contributed by atoms with Crippen molar-refractivity contribution in [2.75, 3.05) is 13.1 Å². The first kappa shape index (κ1) is 21.2. The Morgan fingerprint density at radius 3 is 2.45 bits per heavy atom. The van der Waals surface area contributed by atoms with Crippen LogP contribution in [0.2, 0.25) is 5.02 Å². The second-order valence-corrected chi connectivity index (χ2v) is 8.60. The highest BCUT2D eigenvalue weighted by Gasteiger charge is 2.31. The Morgan fingerprint density at radius 1 is 1.17 bits per heavy atom. The number of carbonyl (C=O) groups is 2. The van der Waals surface area contributed by atoms with Crippen LogP contribution in [0.25, 0.3) is 11.0 Å². The molecule has 1 aromatic heterocycles.